The molecule has 0 radical (unpaired) electrons. The van der Waals surface area contributed by atoms with Crippen molar-refractivity contribution in [1.29, 1.82) is 0 Å². The number of carbonyl (C=O) groups excluding carboxylic acids is 1. The fraction of sp³-hybridized carbons (Fsp3) is 0.0526. The number of aromatic nitrogens is 1. The van der Waals surface area contributed by atoms with Crippen molar-refractivity contribution in [3.8, 4) is 0 Å². The first-order chi connectivity index (χ1) is 13.2. The summed E-state index contributed by atoms with van der Waals surface area (Å²) in [4.78, 5) is 15.1. The molecule has 0 aliphatic carbocycles. The van der Waals surface area contributed by atoms with Crippen LogP contribution in [-0.4, -0.2) is 19.3 Å². The molecule has 0 fully saturated rings. The molecule has 0 aliphatic heterocycles. The van der Waals surface area contributed by atoms with Crippen LogP contribution in [0.2, 0.25) is 5.02 Å². The highest BCUT2D eigenvalue weighted by molar-refractivity contribution is 7.91. The highest BCUT2D eigenvalue weighted by Gasteiger charge is 2.34. The number of nitrogens with zero attached hydrogens (tertiary/aromatic N) is 1. The van der Waals surface area contributed by atoms with Crippen LogP contribution >= 0.6 is 11.6 Å². The molecular formula is C19H13ClF2N2O3S. The minimum atomic E-state index is -4.24. The summed E-state index contributed by atoms with van der Waals surface area (Å²) in [6, 6.07) is 10.3. The van der Waals surface area contributed by atoms with Crippen LogP contribution in [0.5, 0.6) is 0 Å². The van der Waals surface area contributed by atoms with Crippen molar-refractivity contribution < 1.29 is 22.0 Å². The fourth-order valence-corrected chi connectivity index (χ4v) is 4.55. The van der Waals surface area contributed by atoms with Gasteiger partial charge in [0.05, 0.1) is 16.2 Å². The molecule has 2 N–H and O–H groups in total. The molecule has 9 heteroatoms. The van der Waals surface area contributed by atoms with Crippen molar-refractivity contribution in [1.82, 2.24) is 4.98 Å². The number of halogens is 3. The maximum absolute atomic E-state index is 14.5. The van der Waals surface area contributed by atoms with Gasteiger partial charge in [-0.25, -0.2) is 17.2 Å². The summed E-state index contributed by atoms with van der Waals surface area (Å²) in [5.41, 5.74) is 4.71. The van der Waals surface area contributed by atoms with Crippen LogP contribution in [0.25, 0.3) is 0 Å². The van der Waals surface area contributed by atoms with E-state index in [1.165, 1.54) is 36.4 Å². The van der Waals surface area contributed by atoms with Gasteiger partial charge in [-0.2, -0.15) is 0 Å². The Morgan fingerprint density at radius 1 is 1.04 bits per heavy atom. The van der Waals surface area contributed by atoms with Gasteiger partial charge < -0.3 is 5.73 Å². The monoisotopic (exact) mass is 422 g/mol. The zero-order valence-electron chi connectivity index (χ0n) is 14.1. The van der Waals surface area contributed by atoms with Crippen LogP contribution < -0.4 is 5.73 Å². The molecule has 1 heterocycles. The number of rotatable bonds is 5. The Balaban J connectivity index is 2.23. The van der Waals surface area contributed by atoms with E-state index in [1.54, 1.807) is 0 Å². The zero-order valence-corrected chi connectivity index (χ0v) is 15.7. The molecule has 0 bridgehead atoms. The predicted molar refractivity (Wildman–Crippen MR) is 99.6 cm³/mol. The highest BCUT2D eigenvalue weighted by atomic mass is 35.5. The molecule has 0 saturated heterocycles. The standard InChI is InChI=1S/C19H13ClF2N2O3S/c20-12-2-5-14(6-3-12)28(26,27)18(15-9-13(21)4-7-16(15)22)17-8-1-11(10-24-17)19(23)25/h1-10,18H,(H2,23,25). The fourth-order valence-electron chi connectivity index (χ4n) is 2.67. The quantitative estimate of drug-likeness (QED) is 0.679. The minimum Gasteiger partial charge on any atom is -0.366 e. The third-order valence-electron chi connectivity index (χ3n) is 4.03. The van der Waals surface area contributed by atoms with E-state index >= 15 is 0 Å². The van der Waals surface area contributed by atoms with E-state index < -0.39 is 38.2 Å². The number of hydrogen-bond donors (Lipinski definition) is 1. The van der Waals surface area contributed by atoms with Crippen LogP contribution in [0.4, 0.5) is 8.78 Å². The van der Waals surface area contributed by atoms with Crippen LogP contribution in [-0.2, 0) is 9.84 Å². The molecule has 144 valence electrons. The summed E-state index contributed by atoms with van der Waals surface area (Å²) in [7, 11) is -4.24. The maximum Gasteiger partial charge on any atom is 0.250 e. The van der Waals surface area contributed by atoms with Crippen molar-refractivity contribution in [3.63, 3.8) is 0 Å². The second-order valence-corrected chi connectivity index (χ2v) is 8.35. The van der Waals surface area contributed by atoms with Crippen molar-refractivity contribution >= 4 is 27.3 Å². The smallest absolute Gasteiger partial charge is 0.250 e. The largest absolute Gasteiger partial charge is 0.366 e. The second kappa shape index (κ2) is 7.65. The van der Waals surface area contributed by atoms with E-state index in [-0.39, 0.29) is 16.2 Å². The normalized spacial score (nSPS) is 12.5. The third-order valence-corrected chi connectivity index (χ3v) is 6.33. The summed E-state index contributed by atoms with van der Waals surface area (Å²) in [6.07, 6.45) is 1.08. The minimum absolute atomic E-state index is 0.0473. The van der Waals surface area contributed by atoms with Gasteiger partial charge in [-0.3, -0.25) is 9.78 Å². The lowest BCUT2D eigenvalue weighted by Crippen LogP contribution is -2.19. The van der Waals surface area contributed by atoms with Gasteiger partial charge in [-0.05, 0) is 54.6 Å². The predicted octanol–water partition coefficient (Wildman–Crippen LogP) is 3.68. The zero-order chi connectivity index (χ0) is 20.5. The third kappa shape index (κ3) is 3.88. The lowest BCUT2D eigenvalue weighted by atomic mass is 10.1. The Labute approximate surface area is 164 Å². The highest BCUT2D eigenvalue weighted by Crippen LogP contribution is 2.36. The molecule has 2 aromatic carbocycles. The Morgan fingerprint density at radius 3 is 2.29 bits per heavy atom. The van der Waals surface area contributed by atoms with Crippen molar-refractivity contribution in [2.24, 2.45) is 5.73 Å². The summed E-state index contributed by atoms with van der Waals surface area (Å²) in [5, 5.41) is -1.33. The van der Waals surface area contributed by atoms with Gasteiger partial charge in [-0.15, -0.1) is 0 Å². The van der Waals surface area contributed by atoms with Crippen LogP contribution in [0.1, 0.15) is 26.9 Å². The number of sulfone groups is 1. The van der Waals surface area contributed by atoms with Gasteiger partial charge in [0, 0.05) is 16.8 Å². The number of amides is 1. The Bertz CT molecular complexity index is 1130. The SMILES string of the molecule is NC(=O)c1ccc(C(c2cc(F)ccc2F)S(=O)(=O)c2ccc(Cl)cc2)nc1. The van der Waals surface area contributed by atoms with E-state index in [1.807, 2.05) is 0 Å². The van der Waals surface area contributed by atoms with Crippen LogP contribution in [0.15, 0.2) is 65.7 Å². The first-order valence-corrected chi connectivity index (χ1v) is 9.83. The van der Waals surface area contributed by atoms with Gasteiger partial charge in [0.15, 0.2) is 9.84 Å². The topological polar surface area (TPSA) is 90.1 Å². The molecule has 3 aromatic rings. The Hall–Kier alpha value is -2.84. The molecule has 1 atom stereocenters. The van der Waals surface area contributed by atoms with Gasteiger partial charge >= 0.3 is 0 Å². The van der Waals surface area contributed by atoms with E-state index in [9.17, 15) is 22.0 Å². The molecule has 5 nitrogen and oxygen atoms in total. The molecule has 1 amide bonds. The number of hydrogen-bond acceptors (Lipinski definition) is 4. The summed E-state index contributed by atoms with van der Waals surface area (Å²) in [6.45, 7) is 0. The van der Waals surface area contributed by atoms with Crippen LogP contribution in [0, 0.1) is 11.6 Å². The molecule has 1 aromatic heterocycles. The molecule has 28 heavy (non-hydrogen) atoms. The van der Waals surface area contributed by atoms with E-state index in [4.69, 9.17) is 17.3 Å². The summed E-state index contributed by atoms with van der Waals surface area (Å²) < 4.78 is 54.8. The van der Waals surface area contributed by atoms with Crippen molar-refractivity contribution in [2.75, 3.05) is 0 Å². The molecule has 0 spiro atoms. The molecule has 0 saturated carbocycles. The average molecular weight is 423 g/mol. The first-order valence-electron chi connectivity index (χ1n) is 7.90. The summed E-state index contributed by atoms with van der Waals surface area (Å²) >= 11 is 5.81. The van der Waals surface area contributed by atoms with Gasteiger partial charge in [0.2, 0.25) is 5.91 Å². The Kier molecular flexibility index (Phi) is 5.44. The number of pyridine rings is 1. The lowest BCUT2D eigenvalue weighted by Gasteiger charge is -2.19. The first kappa shape index (κ1) is 19.9. The van der Waals surface area contributed by atoms with Gasteiger partial charge in [0.1, 0.15) is 16.9 Å². The number of nitrogens with two attached hydrogens (primary N) is 1. The number of primary amides is 1. The van der Waals surface area contributed by atoms with E-state index in [2.05, 4.69) is 4.98 Å². The van der Waals surface area contributed by atoms with Crippen LogP contribution in [0.3, 0.4) is 0 Å². The lowest BCUT2D eigenvalue weighted by molar-refractivity contribution is 0.1000. The number of benzene rings is 2. The average Bonchev–Trinajstić information content (AvgIpc) is 2.65. The Morgan fingerprint density at radius 2 is 1.71 bits per heavy atom. The van der Waals surface area contributed by atoms with Crippen molar-refractivity contribution in [2.45, 2.75) is 10.1 Å². The molecule has 0 aliphatic rings. The molecule has 3 rings (SSSR count). The maximum atomic E-state index is 14.5. The molecular weight excluding hydrogens is 410 g/mol. The summed E-state index contributed by atoms with van der Waals surface area (Å²) in [5.74, 6) is -2.47. The molecule has 1 unspecified atom stereocenters. The van der Waals surface area contributed by atoms with Gasteiger partial charge in [0.25, 0.3) is 0 Å². The van der Waals surface area contributed by atoms with Gasteiger partial charge in [-0.1, -0.05) is 11.6 Å². The van der Waals surface area contributed by atoms with E-state index in [0.717, 1.165) is 24.4 Å². The second-order valence-electron chi connectivity index (χ2n) is 5.88. The number of carbonyl (C=O) groups is 1. The van der Waals surface area contributed by atoms with E-state index in [0.29, 0.717) is 5.02 Å². The van der Waals surface area contributed by atoms with Crippen molar-refractivity contribution in [3.05, 3.63) is 94.3 Å².